The Hall–Kier alpha value is -1.01. The minimum atomic E-state index is 0.0196. The molecule has 3 heteroatoms. The van der Waals surface area contributed by atoms with Crippen molar-refractivity contribution < 1.29 is 4.79 Å². The van der Waals surface area contributed by atoms with Crippen molar-refractivity contribution in [1.29, 1.82) is 0 Å². The molecule has 0 rings (SSSR count). The van der Waals surface area contributed by atoms with E-state index >= 15 is 0 Å². The van der Waals surface area contributed by atoms with Crippen LogP contribution in [0.25, 0.3) is 0 Å². The summed E-state index contributed by atoms with van der Waals surface area (Å²) in [6.45, 7) is 5.41. The molecule has 0 heterocycles. The predicted molar refractivity (Wildman–Crippen MR) is 68.1 cm³/mol. The number of amides is 1. The van der Waals surface area contributed by atoms with Crippen LogP contribution in [0, 0.1) is 12.3 Å². The van der Waals surface area contributed by atoms with Gasteiger partial charge in [0.2, 0.25) is 5.91 Å². The normalized spacial score (nSPS) is 11.8. The van der Waals surface area contributed by atoms with Gasteiger partial charge >= 0.3 is 0 Å². The molecule has 0 aromatic carbocycles. The van der Waals surface area contributed by atoms with Gasteiger partial charge in [0.1, 0.15) is 0 Å². The molecule has 0 saturated heterocycles. The molecule has 0 aromatic heterocycles. The van der Waals surface area contributed by atoms with E-state index in [1.54, 1.807) is 0 Å². The summed E-state index contributed by atoms with van der Waals surface area (Å²) in [7, 11) is 0. The summed E-state index contributed by atoms with van der Waals surface area (Å²) >= 11 is 0. The zero-order chi connectivity index (χ0) is 12.2. The molecule has 0 radical (unpaired) electrons. The number of hydrogen-bond donors (Lipinski definition) is 2. The number of carbonyl (C=O) groups excluding carboxylic acids is 1. The number of rotatable bonds is 9. The van der Waals surface area contributed by atoms with Crippen LogP contribution in [0.4, 0.5) is 0 Å². The van der Waals surface area contributed by atoms with Crippen LogP contribution in [-0.4, -0.2) is 25.0 Å². The Morgan fingerprint density at radius 1 is 1.44 bits per heavy atom. The van der Waals surface area contributed by atoms with E-state index in [-0.39, 0.29) is 5.91 Å². The third kappa shape index (κ3) is 9.54. The Kier molecular flexibility index (Phi) is 9.84. The monoisotopic (exact) mass is 224 g/mol. The topological polar surface area (TPSA) is 41.1 Å². The molecule has 0 aliphatic carbocycles. The van der Waals surface area contributed by atoms with Crippen molar-refractivity contribution >= 4 is 5.91 Å². The van der Waals surface area contributed by atoms with E-state index in [1.165, 1.54) is 25.7 Å². The highest BCUT2D eigenvalue weighted by Gasteiger charge is 2.03. The zero-order valence-electron chi connectivity index (χ0n) is 10.5. The van der Waals surface area contributed by atoms with Crippen molar-refractivity contribution in [1.82, 2.24) is 10.6 Å². The second-order valence-electron chi connectivity index (χ2n) is 4.08. The molecule has 0 saturated carbocycles. The Bertz CT molecular complexity index is 220. The Morgan fingerprint density at radius 3 is 2.81 bits per heavy atom. The Labute approximate surface area is 99.4 Å². The first-order valence-electron chi connectivity index (χ1n) is 6.14. The van der Waals surface area contributed by atoms with E-state index in [9.17, 15) is 4.79 Å². The third-order valence-electron chi connectivity index (χ3n) is 2.47. The standard InChI is InChI=1S/C13H24N2O/c1-4-6-7-8-12(3)14-11-9-13(16)15-10-5-2/h2,12,14H,4,6-11H2,1,3H3,(H,15,16). The van der Waals surface area contributed by atoms with Crippen LogP contribution >= 0.6 is 0 Å². The van der Waals surface area contributed by atoms with Crippen LogP contribution in [0.1, 0.15) is 46.0 Å². The largest absolute Gasteiger partial charge is 0.345 e. The molecule has 0 aliphatic heterocycles. The lowest BCUT2D eigenvalue weighted by molar-refractivity contribution is -0.120. The van der Waals surface area contributed by atoms with Crippen molar-refractivity contribution in [2.45, 2.75) is 52.0 Å². The molecule has 16 heavy (non-hydrogen) atoms. The Morgan fingerprint density at radius 2 is 2.19 bits per heavy atom. The van der Waals surface area contributed by atoms with Gasteiger partial charge in [-0.25, -0.2) is 0 Å². The first-order valence-corrected chi connectivity index (χ1v) is 6.14. The third-order valence-corrected chi connectivity index (χ3v) is 2.47. The second-order valence-corrected chi connectivity index (χ2v) is 4.08. The van der Waals surface area contributed by atoms with Crippen molar-refractivity contribution in [3.8, 4) is 12.3 Å². The lowest BCUT2D eigenvalue weighted by Crippen LogP contribution is -2.32. The van der Waals surface area contributed by atoms with Crippen molar-refractivity contribution in [3.63, 3.8) is 0 Å². The first kappa shape index (κ1) is 15.0. The van der Waals surface area contributed by atoms with Gasteiger partial charge < -0.3 is 10.6 Å². The summed E-state index contributed by atoms with van der Waals surface area (Å²) in [5, 5.41) is 5.98. The van der Waals surface area contributed by atoms with Crippen LogP contribution in [0.15, 0.2) is 0 Å². The molecule has 0 fully saturated rings. The van der Waals surface area contributed by atoms with Crippen molar-refractivity contribution in [2.75, 3.05) is 13.1 Å². The predicted octanol–water partition coefficient (Wildman–Crippen LogP) is 1.68. The molecule has 0 aromatic rings. The van der Waals surface area contributed by atoms with E-state index in [1.807, 2.05) is 0 Å². The summed E-state index contributed by atoms with van der Waals surface area (Å²) in [6.07, 6.45) is 10.5. The molecule has 1 amide bonds. The van der Waals surface area contributed by atoms with Gasteiger partial charge in [-0.1, -0.05) is 32.1 Å². The number of nitrogens with one attached hydrogen (secondary N) is 2. The number of terminal acetylenes is 1. The van der Waals surface area contributed by atoms with Crippen LogP contribution in [-0.2, 0) is 4.79 Å². The highest BCUT2D eigenvalue weighted by molar-refractivity contribution is 5.76. The summed E-state index contributed by atoms with van der Waals surface area (Å²) in [6, 6.07) is 0.493. The molecule has 0 spiro atoms. The van der Waals surface area contributed by atoms with Gasteiger partial charge in [0.15, 0.2) is 0 Å². The highest BCUT2D eigenvalue weighted by atomic mass is 16.1. The lowest BCUT2D eigenvalue weighted by atomic mass is 10.1. The highest BCUT2D eigenvalue weighted by Crippen LogP contribution is 2.02. The van der Waals surface area contributed by atoms with Gasteiger partial charge in [-0.05, 0) is 13.3 Å². The SMILES string of the molecule is C#CCNC(=O)CCNC(C)CCCCC. The average Bonchev–Trinajstić information content (AvgIpc) is 2.26. The zero-order valence-corrected chi connectivity index (χ0v) is 10.5. The molecule has 1 unspecified atom stereocenters. The molecule has 0 aliphatic rings. The first-order chi connectivity index (χ1) is 7.70. The van der Waals surface area contributed by atoms with Crippen LogP contribution in [0.3, 0.4) is 0 Å². The van der Waals surface area contributed by atoms with E-state index in [2.05, 4.69) is 30.4 Å². The van der Waals surface area contributed by atoms with E-state index < -0.39 is 0 Å². The Balaban J connectivity index is 3.36. The van der Waals surface area contributed by atoms with Crippen molar-refractivity contribution in [3.05, 3.63) is 0 Å². The van der Waals surface area contributed by atoms with E-state index in [4.69, 9.17) is 6.42 Å². The maximum absolute atomic E-state index is 11.2. The molecule has 2 N–H and O–H groups in total. The summed E-state index contributed by atoms with van der Waals surface area (Å²) in [5.74, 6) is 2.40. The van der Waals surface area contributed by atoms with Gasteiger partial charge in [0.25, 0.3) is 0 Å². The number of unbranched alkanes of at least 4 members (excludes halogenated alkanes) is 2. The van der Waals surface area contributed by atoms with Gasteiger partial charge in [-0.2, -0.15) is 0 Å². The number of carbonyl (C=O) groups is 1. The molecule has 3 nitrogen and oxygen atoms in total. The summed E-state index contributed by atoms with van der Waals surface area (Å²) in [4.78, 5) is 11.2. The van der Waals surface area contributed by atoms with Gasteiger partial charge in [0, 0.05) is 19.0 Å². The molecule has 0 bridgehead atoms. The smallest absolute Gasteiger partial charge is 0.222 e. The van der Waals surface area contributed by atoms with Gasteiger partial charge in [-0.15, -0.1) is 6.42 Å². The molecular weight excluding hydrogens is 200 g/mol. The van der Waals surface area contributed by atoms with Crippen molar-refractivity contribution in [2.24, 2.45) is 0 Å². The maximum atomic E-state index is 11.2. The maximum Gasteiger partial charge on any atom is 0.222 e. The summed E-state index contributed by atoms with van der Waals surface area (Å²) in [5.41, 5.74) is 0. The van der Waals surface area contributed by atoms with E-state index in [0.717, 1.165) is 6.54 Å². The quantitative estimate of drug-likeness (QED) is 0.462. The number of hydrogen-bond acceptors (Lipinski definition) is 2. The summed E-state index contributed by atoms with van der Waals surface area (Å²) < 4.78 is 0. The van der Waals surface area contributed by atoms with Crippen LogP contribution in [0.2, 0.25) is 0 Å². The fraction of sp³-hybridized carbons (Fsp3) is 0.769. The van der Waals surface area contributed by atoms with Crippen LogP contribution in [0.5, 0.6) is 0 Å². The van der Waals surface area contributed by atoms with Gasteiger partial charge in [0.05, 0.1) is 6.54 Å². The van der Waals surface area contributed by atoms with Gasteiger partial charge in [-0.3, -0.25) is 4.79 Å². The van der Waals surface area contributed by atoms with Crippen LogP contribution < -0.4 is 10.6 Å². The minimum Gasteiger partial charge on any atom is -0.345 e. The van der Waals surface area contributed by atoms with E-state index in [0.29, 0.717) is 19.0 Å². The second kappa shape index (κ2) is 10.5. The minimum absolute atomic E-state index is 0.0196. The average molecular weight is 224 g/mol. The fourth-order valence-corrected chi connectivity index (χ4v) is 1.47. The molecular formula is C13H24N2O. The fourth-order valence-electron chi connectivity index (χ4n) is 1.47. The molecule has 1 atom stereocenters. The molecule has 92 valence electrons. The lowest BCUT2D eigenvalue weighted by Gasteiger charge is -2.12.